The van der Waals surface area contributed by atoms with Crippen LogP contribution < -0.4 is 5.11 Å². The molecule has 0 spiro atoms. The summed E-state index contributed by atoms with van der Waals surface area (Å²) in [5.74, 6) is -0.0611. The van der Waals surface area contributed by atoms with E-state index < -0.39 is 0 Å². The van der Waals surface area contributed by atoms with Crippen LogP contribution in [0.15, 0.2) is 24.3 Å². The van der Waals surface area contributed by atoms with Gasteiger partial charge in [-0.1, -0.05) is 12.1 Å². The van der Waals surface area contributed by atoms with Crippen LogP contribution in [0.1, 0.15) is 5.56 Å². The van der Waals surface area contributed by atoms with Crippen molar-refractivity contribution >= 4 is 0 Å². The lowest BCUT2D eigenvalue weighted by Crippen LogP contribution is -2.27. The van der Waals surface area contributed by atoms with Gasteiger partial charge in [0.15, 0.2) is 0 Å². The smallest absolute Gasteiger partial charge is 0.0991 e. The molecule has 14 heavy (non-hydrogen) atoms. The van der Waals surface area contributed by atoms with Crippen LogP contribution in [0, 0.1) is 11.3 Å². The van der Waals surface area contributed by atoms with E-state index in [0.717, 1.165) is 4.48 Å². The third kappa shape index (κ3) is 8.57. The van der Waals surface area contributed by atoms with Gasteiger partial charge in [-0.05, 0) is 12.1 Å². The number of hydrogen-bond acceptors (Lipinski definition) is 2. The van der Waals surface area contributed by atoms with Crippen molar-refractivity contribution in [3.63, 3.8) is 0 Å². The summed E-state index contributed by atoms with van der Waals surface area (Å²) in [6, 6.07) is 7.67. The lowest BCUT2D eigenvalue weighted by molar-refractivity contribution is -0.849. The van der Waals surface area contributed by atoms with Crippen molar-refractivity contribution in [1.29, 1.82) is 5.26 Å². The number of rotatable bonds is 0. The molecular formula is C11H16N2O. The molecule has 0 unspecified atom stereocenters. The molecule has 1 aromatic carbocycles. The van der Waals surface area contributed by atoms with E-state index in [2.05, 4.69) is 28.2 Å². The zero-order valence-corrected chi connectivity index (χ0v) is 9.11. The number of nitrogens with zero attached hydrogens (tertiary/aromatic N) is 2. The third-order valence-electron chi connectivity index (χ3n) is 0.983. The van der Waals surface area contributed by atoms with Crippen LogP contribution in [0.5, 0.6) is 5.75 Å². The first kappa shape index (κ1) is 12.5. The minimum atomic E-state index is -0.0611. The summed E-state index contributed by atoms with van der Waals surface area (Å²) in [6.45, 7) is 0. The van der Waals surface area contributed by atoms with Crippen LogP contribution in [0.25, 0.3) is 0 Å². The predicted octanol–water partition coefficient (Wildman–Crippen LogP) is 0.954. The third-order valence-corrected chi connectivity index (χ3v) is 0.983. The van der Waals surface area contributed by atoms with Gasteiger partial charge < -0.3 is 9.59 Å². The molecule has 0 radical (unpaired) electrons. The second-order valence-electron chi connectivity index (χ2n) is 4.32. The Morgan fingerprint density at radius 2 is 1.43 bits per heavy atom. The molecule has 0 fully saturated rings. The highest BCUT2D eigenvalue weighted by Gasteiger charge is 1.88. The molecule has 1 rings (SSSR count). The molecule has 0 aliphatic rings. The zero-order chi connectivity index (χ0) is 11.2. The van der Waals surface area contributed by atoms with E-state index in [0.29, 0.717) is 5.56 Å². The quantitative estimate of drug-likeness (QED) is 0.575. The number of nitriles is 1. The average molecular weight is 192 g/mol. The summed E-state index contributed by atoms with van der Waals surface area (Å²) in [7, 11) is 8.50. The van der Waals surface area contributed by atoms with E-state index in [9.17, 15) is 5.11 Å². The molecule has 0 aliphatic heterocycles. The van der Waals surface area contributed by atoms with Crippen LogP contribution >= 0.6 is 0 Å². The molecule has 76 valence electrons. The highest BCUT2D eigenvalue weighted by molar-refractivity contribution is 5.32. The van der Waals surface area contributed by atoms with Crippen molar-refractivity contribution in [2.45, 2.75) is 0 Å². The summed E-state index contributed by atoms with van der Waals surface area (Å²) < 4.78 is 1.00. The van der Waals surface area contributed by atoms with Gasteiger partial charge in [0.1, 0.15) is 0 Å². The average Bonchev–Trinajstić information content (AvgIpc) is 2.03. The first-order valence-electron chi connectivity index (χ1n) is 4.29. The van der Waals surface area contributed by atoms with Crippen molar-refractivity contribution in [3.05, 3.63) is 29.8 Å². The van der Waals surface area contributed by atoms with E-state index in [-0.39, 0.29) is 5.75 Å². The van der Waals surface area contributed by atoms with E-state index in [1.54, 1.807) is 0 Å². The standard InChI is InChI=1S/C7H5NO.C4H12N/c8-5-6-1-3-7(9)4-2-6;1-5(2,3)4/h1-4,9H;1-4H3/q;+1/p-1. The summed E-state index contributed by atoms with van der Waals surface area (Å²) in [5, 5.41) is 18.7. The first-order chi connectivity index (χ1) is 6.33. The second kappa shape index (κ2) is 5.25. The Balaban J connectivity index is 0.000000292. The highest BCUT2D eigenvalue weighted by atomic mass is 16.3. The van der Waals surface area contributed by atoms with Gasteiger partial charge in [0, 0.05) is 0 Å². The molecule has 3 heteroatoms. The van der Waals surface area contributed by atoms with Gasteiger partial charge in [-0.3, -0.25) is 0 Å². The van der Waals surface area contributed by atoms with Crippen LogP contribution in [0.3, 0.4) is 0 Å². The molecule has 0 aliphatic carbocycles. The minimum absolute atomic E-state index is 0.0611. The molecule has 0 saturated carbocycles. The number of benzene rings is 1. The molecule has 0 aromatic heterocycles. The van der Waals surface area contributed by atoms with Crippen molar-refractivity contribution in [3.8, 4) is 11.8 Å². The fourth-order valence-electron chi connectivity index (χ4n) is 0.529. The normalized spacial score (nSPS) is 9.64. The van der Waals surface area contributed by atoms with Gasteiger partial charge in [-0.2, -0.15) is 5.26 Å². The Kier molecular flexibility index (Phi) is 4.68. The molecule has 0 saturated heterocycles. The molecular weight excluding hydrogens is 176 g/mol. The van der Waals surface area contributed by atoms with Gasteiger partial charge in [0.2, 0.25) is 0 Å². The fraction of sp³-hybridized carbons (Fsp3) is 0.364. The monoisotopic (exact) mass is 192 g/mol. The van der Waals surface area contributed by atoms with Crippen LogP contribution in [-0.4, -0.2) is 32.7 Å². The van der Waals surface area contributed by atoms with E-state index >= 15 is 0 Å². The molecule has 0 bridgehead atoms. The maximum atomic E-state index is 10.4. The van der Waals surface area contributed by atoms with Crippen molar-refractivity contribution < 1.29 is 9.59 Å². The van der Waals surface area contributed by atoms with Crippen molar-refractivity contribution in [2.24, 2.45) is 0 Å². The molecule has 0 heterocycles. The van der Waals surface area contributed by atoms with Crippen LogP contribution in [0.4, 0.5) is 0 Å². The predicted molar refractivity (Wildman–Crippen MR) is 54.6 cm³/mol. The SMILES string of the molecule is C[N+](C)(C)C.N#Cc1ccc([O-])cc1. The Labute approximate surface area is 85.4 Å². The fourth-order valence-corrected chi connectivity index (χ4v) is 0.529. The van der Waals surface area contributed by atoms with Crippen molar-refractivity contribution in [2.75, 3.05) is 28.2 Å². The summed E-state index contributed by atoms with van der Waals surface area (Å²) in [6.07, 6.45) is 0. The topological polar surface area (TPSA) is 46.8 Å². The Hall–Kier alpha value is -1.53. The van der Waals surface area contributed by atoms with Gasteiger partial charge >= 0.3 is 0 Å². The number of hydrogen-bond donors (Lipinski definition) is 0. The summed E-state index contributed by atoms with van der Waals surface area (Å²) in [5.41, 5.74) is 0.523. The van der Waals surface area contributed by atoms with Crippen molar-refractivity contribution in [1.82, 2.24) is 0 Å². The van der Waals surface area contributed by atoms with Crippen LogP contribution in [0.2, 0.25) is 0 Å². The molecule has 0 N–H and O–H groups in total. The molecule has 3 nitrogen and oxygen atoms in total. The van der Waals surface area contributed by atoms with Gasteiger partial charge in [-0.15, -0.1) is 5.75 Å². The molecule has 1 aromatic rings. The van der Waals surface area contributed by atoms with Crippen LogP contribution in [-0.2, 0) is 0 Å². The summed E-state index contributed by atoms with van der Waals surface area (Å²) >= 11 is 0. The highest BCUT2D eigenvalue weighted by Crippen LogP contribution is 2.04. The maximum absolute atomic E-state index is 10.4. The molecule has 0 amide bonds. The lowest BCUT2D eigenvalue weighted by Gasteiger charge is -2.14. The molecule has 0 atom stereocenters. The lowest BCUT2D eigenvalue weighted by atomic mass is 10.2. The second-order valence-corrected chi connectivity index (χ2v) is 4.32. The Morgan fingerprint density at radius 1 is 1.07 bits per heavy atom. The van der Waals surface area contributed by atoms with E-state index in [1.807, 2.05) is 6.07 Å². The van der Waals surface area contributed by atoms with Gasteiger partial charge in [0.05, 0.1) is 39.8 Å². The Morgan fingerprint density at radius 3 is 1.71 bits per heavy atom. The van der Waals surface area contributed by atoms with E-state index in [1.165, 1.54) is 24.3 Å². The largest absolute Gasteiger partial charge is 0.872 e. The Bertz CT molecular complexity index is 298. The number of quaternary nitrogens is 1. The van der Waals surface area contributed by atoms with Gasteiger partial charge in [0.25, 0.3) is 0 Å². The maximum Gasteiger partial charge on any atom is 0.0991 e. The minimum Gasteiger partial charge on any atom is -0.872 e. The summed E-state index contributed by atoms with van der Waals surface area (Å²) in [4.78, 5) is 0. The zero-order valence-electron chi connectivity index (χ0n) is 9.11. The first-order valence-corrected chi connectivity index (χ1v) is 4.29. The van der Waals surface area contributed by atoms with Gasteiger partial charge in [-0.25, -0.2) is 0 Å². The van der Waals surface area contributed by atoms with E-state index in [4.69, 9.17) is 5.26 Å².